The van der Waals surface area contributed by atoms with Gasteiger partial charge in [-0.05, 0) is 37.8 Å². The first-order valence-corrected chi connectivity index (χ1v) is 15.0. The second-order valence-corrected chi connectivity index (χ2v) is 16.8. The Morgan fingerprint density at radius 3 is 1.61 bits per heavy atom. The van der Waals surface area contributed by atoms with E-state index in [1.165, 1.54) is 0 Å². The summed E-state index contributed by atoms with van der Waals surface area (Å²) in [4.78, 5) is 0. The second kappa shape index (κ2) is 6.32. The summed E-state index contributed by atoms with van der Waals surface area (Å²) in [5.74, 6) is 0. The van der Waals surface area contributed by atoms with Crippen molar-refractivity contribution in [3.63, 3.8) is 0 Å². The van der Waals surface area contributed by atoms with Crippen molar-refractivity contribution < 1.29 is 12.3 Å². The van der Waals surface area contributed by atoms with E-state index in [2.05, 4.69) is 40.4 Å². The van der Waals surface area contributed by atoms with Gasteiger partial charge in [0.05, 0.1) is 0 Å². The highest BCUT2D eigenvalue weighted by Crippen LogP contribution is 2.38. The first kappa shape index (κ1) is 16.6. The highest BCUT2D eigenvalue weighted by Gasteiger charge is 2.55. The average molecular weight is 307 g/mol. The van der Waals surface area contributed by atoms with E-state index >= 15 is 0 Å². The van der Waals surface area contributed by atoms with E-state index in [1.54, 1.807) is 0 Å². The largest absolute Gasteiger partial charge is 0.416 e. The van der Waals surface area contributed by atoms with Gasteiger partial charge in [-0.25, -0.2) is 0 Å². The minimum absolute atomic E-state index is 1.11. The van der Waals surface area contributed by atoms with Crippen molar-refractivity contribution in [1.29, 1.82) is 0 Å². The van der Waals surface area contributed by atoms with Gasteiger partial charge in [0, 0.05) is 0 Å². The maximum absolute atomic E-state index is 6.59. The quantitative estimate of drug-likeness (QED) is 0.676. The monoisotopic (exact) mass is 306 g/mol. The molecule has 0 aromatic rings. The van der Waals surface area contributed by atoms with E-state index in [9.17, 15) is 0 Å². The van der Waals surface area contributed by atoms with Crippen LogP contribution in [-0.2, 0) is 12.3 Å². The van der Waals surface area contributed by atoms with E-state index in [-0.39, 0.29) is 0 Å². The Kier molecular flexibility index (Phi) is 5.82. The first-order chi connectivity index (χ1) is 8.30. The zero-order valence-corrected chi connectivity index (χ0v) is 16.0. The standard InChI is InChI=1S/C12H30O3Si3/c1-7-10-17(6)13-16(4,5)14-18(15-17,11-8-2)12-9-3/h7-12H2,1-6H3. The molecule has 1 saturated heterocycles. The molecule has 0 aromatic carbocycles. The fourth-order valence-corrected chi connectivity index (χ4v) is 20.7. The molecule has 0 amide bonds. The fourth-order valence-electron chi connectivity index (χ4n) is 3.07. The minimum Gasteiger partial charge on any atom is -0.416 e. The van der Waals surface area contributed by atoms with E-state index in [1.807, 2.05) is 0 Å². The van der Waals surface area contributed by atoms with E-state index in [0.717, 1.165) is 37.4 Å². The van der Waals surface area contributed by atoms with Crippen LogP contribution in [-0.4, -0.2) is 25.7 Å². The molecule has 1 aliphatic heterocycles. The zero-order valence-electron chi connectivity index (χ0n) is 13.0. The lowest BCUT2D eigenvalue weighted by atomic mass is 10.6. The number of hydrogen-bond acceptors (Lipinski definition) is 3. The molecule has 0 aromatic heterocycles. The fraction of sp³-hybridized carbons (Fsp3) is 1.00. The molecule has 6 heteroatoms. The van der Waals surface area contributed by atoms with Crippen LogP contribution in [0.15, 0.2) is 0 Å². The summed E-state index contributed by atoms with van der Waals surface area (Å²) in [6.45, 7) is 13.3. The number of hydrogen-bond donors (Lipinski definition) is 0. The normalized spacial score (nSPS) is 30.3. The average Bonchev–Trinajstić information content (AvgIpc) is 2.13. The molecule has 0 spiro atoms. The second-order valence-electron chi connectivity index (χ2n) is 6.00. The molecule has 1 aliphatic rings. The van der Waals surface area contributed by atoms with Gasteiger partial charge in [0.2, 0.25) is 0 Å². The van der Waals surface area contributed by atoms with Crippen LogP contribution in [0.5, 0.6) is 0 Å². The molecule has 0 bridgehead atoms. The molecule has 1 atom stereocenters. The van der Waals surface area contributed by atoms with E-state index < -0.39 is 25.7 Å². The van der Waals surface area contributed by atoms with Gasteiger partial charge in [-0.15, -0.1) is 0 Å². The molecular weight excluding hydrogens is 276 g/mol. The molecule has 0 aliphatic carbocycles. The Morgan fingerprint density at radius 1 is 0.667 bits per heavy atom. The predicted octanol–water partition coefficient (Wildman–Crippen LogP) is 4.50. The zero-order chi connectivity index (χ0) is 13.9. The van der Waals surface area contributed by atoms with Crippen LogP contribution in [0.2, 0.25) is 37.8 Å². The molecular formula is C12H30O3Si3. The van der Waals surface area contributed by atoms with Crippen LogP contribution in [0.4, 0.5) is 0 Å². The molecule has 1 rings (SSSR count). The van der Waals surface area contributed by atoms with Crippen molar-refractivity contribution in [2.24, 2.45) is 0 Å². The topological polar surface area (TPSA) is 27.7 Å². The molecule has 1 heterocycles. The maximum Gasteiger partial charge on any atom is 0.320 e. The third-order valence-electron chi connectivity index (χ3n) is 3.26. The highest BCUT2D eigenvalue weighted by molar-refractivity contribution is 6.93. The Balaban J connectivity index is 2.95. The molecule has 0 radical (unpaired) electrons. The SMILES string of the molecule is CCC[Si]1(C)O[Si](C)(C)O[Si](CCC)(CCC)O1. The third-order valence-corrected chi connectivity index (χ3v) is 17.6. The molecule has 108 valence electrons. The van der Waals surface area contributed by atoms with Gasteiger partial charge in [0.15, 0.2) is 0 Å². The van der Waals surface area contributed by atoms with E-state index in [0.29, 0.717) is 0 Å². The smallest absolute Gasteiger partial charge is 0.320 e. The molecule has 18 heavy (non-hydrogen) atoms. The predicted molar refractivity (Wildman–Crippen MR) is 83.4 cm³/mol. The lowest BCUT2D eigenvalue weighted by Gasteiger charge is -2.50. The highest BCUT2D eigenvalue weighted by atomic mass is 28.5. The van der Waals surface area contributed by atoms with E-state index in [4.69, 9.17) is 12.3 Å². The van der Waals surface area contributed by atoms with Gasteiger partial charge < -0.3 is 12.3 Å². The van der Waals surface area contributed by atoms with Crippen LogP contribution in [0.25, 0.3) is 0 Å². The van der Waals surface area contributed by atoms with Crippen molar-refractivity contribution in [2.45, 2.75) is 77.8 Å². The molecule has 0 N–H and O–H groups in total. The maximum atomic E-state index is 6.59. The first-order valence-electron chi connectivity index (χ1n) is 7.41. The van der Waals surface area contributed by atoms with Crippen molar-refractivity contribution in [3.05, 3.63) is 0 Å². The molecule has 0 saturated carbocycles. The number of rotatable bonds is 6. The van der Waals surface area contributed by atoms with Crippen LogP contribution in [0.3, 0.4) is 0 Å². The van der Waals surface area contributed by atoms with Crippen molar-refractivity contribution in [1.82, 2.24) is 0 Å². The summed E-state index contributed by atoms with van der Waals surface area (Å²) < 4.78 is 19.4. The molecule has 1 unspecified atom stereocenters. The lowest BCUT2D eigenvalue weighted by Crippen LogP contribution is -2.67. The van der Waals surface area contributed by atoms with Crippen LogP contribution in [0.1, 0.15) is 40.0 Å². The minimum atomic E-state index is -1.99. The molecule has 3 nitrogen and oxygen atoms in total. The van der Waals surface area contributed by atoms with Gasteiger partial charge in [-0.3, -0.25) is 0 Å². The Hall–Kier alpha value is 0.531. The van der Waals surface area contributed by atoms with Gasteiger partial charge in [0.1, 0.15) is 0 Å². The van der Waals surface area contributed by atoms with Crippen LogP contribution >= 0.6 is 0 Å². The summed E-state index contributed by atoms with van der Waals surface area (Å²) in [6, 6.07) is 3.37. The lowest BCUT2D eigenvalue weighted by molar-refractivity contribution is 0.220. The summed E-state index contributed by atoms with van der Waals surface area (Å²) in [5.41, 5.74) is 0. The van der Waals surface area contributed by atoms with Crippen molar-refractivity contribution in [2.75, 3.05) is 0 Å². The van der Waals surface area contributed by atoms with Gasteiger partial charge in [-0.2, -0.15) is 0 Å². The third kappa shape index (κ3) is 4.28. The van der Waals surface area contributed by atoms with Crippen molar-refractivity contribution >= 4 is 25.7 Å². The Bertz CT molecular complexity index is 267. The summed E-state index contributed by atoms with van der Waals surface area (Å²) >= 11 is 0. The molecule has 1 fully saturated rings. The van der Waals surface area contributed by atoms with Crippen LogP contribution < -0.4 is 0 Å². The summed E-state index contributed by atoms with van der Waals surface area (Å²) in [6.07, 6.45) is 3.47. The van der Waals surface area contributed by atoms with Crippen molar-refractivity contribution in [3.8, 4) is 0 Å². The van der Waals surface area contributed by atoms with Crippen LogP contribution in [0, 0.1) is 0 Å². The summed E-state index contributed by atoms with van der Waals surface area (Å²) in [7, 11) is -5.95. The summed E-state index contributed by atoms with van der Waals surface area (Å²) in [5, 5.41) is 0. The van der Waals surface area contributed by atoms with Gasteiger partial charge in [0.25, 0.3) is 0 Å². The Morgan fingerprint density at radius 2 is 1.17 bits per heavy atom. The Labute approximate surface area is 116 Å². The van der Waals surface area contributed by atoms with Gasteiger partial charge >= 0.3 is 25.7 Å². The van der Waals surface area contributed by atoms with Gasteiger partial charge in [-0.1, -0.05) is 40.0 Å².